The molecule has 9 heteroatoms. The van der Waals surface area contributed by atoms with Crippen LogP contribution in [0.5, 0.6) is 5.75 Å². The number of hydrogen-bond acceptors (Lipinski definition) is 3. The number of halogens is 4. The zero-order valence-electron chi connectivity index (χ0n) is 12.4. The lowest BCUT2D eigenvalue weighted by Crippen LogP contribution is -2.16. The van der Waals surface area contributed by atoms with E-state index in [0.29, 0.717) is 0 Å². The van der Waals surface area contributed by atoms with E-state index < -0.39 is 30.2 Å². The first kappa shape index (κ1) is 18.6. The van der Waals surface area contributed by atoms with Gasteiger partial charge in [0.25, 0.3) is 5.91 Å². The van der Waals surface area contributed by atoms with E-state index in [4.69, 9.17) is 21.4 Å². The number of amides is 1. The van der Waals surface area contributed by atoms with Crippen LogP contribution in [0.1, 0.15) is 15.9 Å². The van der Waals surface area contributed by atoms with Crippen molar-refractivity contribution in [1.29, 1.82) is 0 Å². The molecular weight excluding hydrogens is 363 g/mol. The zero-order valence-corrected chi connectivity index (χ0v) is 13.2. The maximum absolute atomic E-state index is 12.7. The van der Waals surface area contributed by atoms with Crippen LogP contribution in [0, 0.1) is 0 Å². The summed E-state index contributed by atoms with van der Waals surface area (Å²) in [6, 6.07) is 8.00. The number of rotatable bonds is 5. The van der Waals surface area contributed by atoms with Crippen molar-refractivity contribution in [1.82, 2.24) is 0 Å². The van der Waals surface area contributed by atoms with Crippen LogP contribution in [0.3, 0.4) is 0 Å². The van der Waals surface area contributed by atoms with Crippen molar-refractivity contribution in [3.8, 4) is 5.75 Å². The Bertz CT molecular complexity index is 808. The minimum Gasteiger partial charge on any atom is -0.481 e. The summed E-state index contributed by atoms with van der Waals surface area (Å²) in [6.07, 6.45) is -4.55. The lowest BCUT2D eigenvalue weighted by Gasteiger charge is -2.12. The Morgan fingerprint density at radius 2 is 1.88 bits per heavy atom. The summed E-state index contributed by atoms with van der Waals surface area (Å²) < 4.78 is 43.1. The van der Waals surface area contributed by atoms with Gasteiger partial charge in [0.1, 0.15) is 5.75 Å². The minimum atomic E-state index is -4.55. The van der Waals surface area contributed by atoms with Gasteiger partial charge in [-0.2, -0.15) is 13.2 Å². The summed E-state index contributed by atoms with van der Waals surface area (Å²) in [5.74, 6) is -2.10. The second-order valence-corrected chi connectivity index (χ2v) is 5.29. The lowest BCUT2D eigenvalue weighted by atomic mass is 10.1. The number of ether oxygens (including phenoxy) is 1. The van der Waals surface area contributed by atoms with E-state index in [-0.39, 0.29) is 22.0 Å². The smallest absolute Gasteiger partial charge is 0.416 e. The van der Waals surface area contributed by atoms with Crippen LogP contribution in [-0.4, -0.2) is 23.6 Å². The summed E-state index contributed by atoms with van der Waals surface area (Å²) >= 11 is 5.81. The highest BCUT2D eigenvalue weighted by Crippen LogP contribution is 2.31. The Labute approximate surface area is 145 Å². The molecule has 0 saturated heterocycles. The van der Waals surface area contributed by atoms with Gasteiger partial charge in [-0.3, -0.25) is 4.79 Å². The molecule has 25 heavy (non-hydrogen) atoms. The molecule has 0 aromatic heterocycles. The largest absolute Gasteiger partial charge is 0.481 e. The van der Waals surface area contributed by atoms with Gasteiger partial charge in [0.05, 0.1) is 11.1 Å². The molecule has 0 aliphatic carbocycles. The van der Waals surface area contributed by atoms with Gasteiger partial charge < -0.3 is 15.2 Å². The average Bonchev–Trinajstić information content (AvgIpc) is 2.53. The third-order valence-electron chi connectivity index (χ3n) is 2.99. The molecular formula is C16H11ClF3NO4. The van der Waals surface area contributed by atoms with Gasteiger partial charge in [-0.25, -0.2) is 4.79 Å². The molecule has 0 bridgehead atoms. The Hall–Kier alpha value is -2.74. The topological polar surface area (TPSA) is 75.6 Å². The van der Waals surface area contributed by atoms with Crippen molar-refractivity contribution in [3.63, 3.8) is 0 Å². The SMILES string of the molecule is O=C(O)COc1ccc(Cl)cc1C(=O)Nc1cccc(C(F)(F)F)c1. The normalized spacial score (nSPS) is 11.0. The maximum atomic E-state index is 12.7. The number of aliphatic carboxylic acids is 1. The number of nitrogens with one attached hydrogen (secondary N) is 1. The van der Waals surface area contributed by atoms with Crippen molar-refractivity contribution in [2.45, 2.75) is 6.18 Å². The molecule has 2 aromatic carbocycles. The van der Waals surface area contributed by atoms with Crippen LogP contribution in [0.15, 0.2) is 42.5 Å². The fraction of sp³-hybridized carbons (Fsp3) is 0.125. The summed E-state index contributed by atoms with van der Waals surface area (Å²) in [5, 5.41) is 11.1. The number of carbonyl (C=O) groups is 2. The van der Waals surface area contributed by atoms with Crippen molar-refractivity contribution >= 4 is 29.2 Å². The molecule has 0 atom stereocenters. The van der Waals surface area contributed by atoms with Crippen molar-refractivity contribution in [2.75, 3.05) is 11.9 Å². The van der Waals surface area contributed by atoms with E-state index in [1.807, 2.05) is 0 Å². The molecule has 1 amide bonds. The van der Waals surface area contributed by atoms with Crippen LogP contribution >= 0.6 is 11.6 Å². The number of anilines is 1. The second kappa shape index (κ2) is 7.43. The Balaban J connectivity index is 2.26. The molecule has 0 saturated carbocycles. The molecule has 2 N–H and O–H groups in total. The highest BCUT2D eigenvalue weighted by molar-refractivity contribution is 6.31. The lowest BCUT2D eigenvalue weighted by molar-refractivity contribution is -0.139. The number of carbonyl (C=O) groups excluding carboxylic acids is 1. The molecule has 0 radical (unpaired) electrons. The van der Waals surface area contributed by atoms with Crippen LogP contribution < -0.4 is 10.1 Å². The highest BCUT2D eigenvalue weighted by atomic mass is 35.5. The number of carboxylic acids is 1. The molecule has 2 aromatic rings. The van der Waals surface area contributed by atoms with Gasteiger partial charge in [-0.05, 0) is 36.4 Å². The monoisotopic (exact) mass is 373 g/mol. The van der Waals surface area contributed by atoms with Crippen LogP contribution in [-0.2, 0) is 11.0 Å². The first-order valence-electron chi connectivity index (χ1n) is 6.79. The summed E-state index contributed by atoms with van der Waals surface area (Å²) in [4.78, 5) is 22.9. The maximum Gasteiger partial charge on any atom is 0.416 e. The van der Waals surface area contributed by atoms with Crippen molar-refractivity contribution < 1.29 is 32.6 Å². The molecule has 0 aliphatic rings. The quantitative estimate of drug-likeness (QED) is 0.828. The predicted octanol–water partition coefficient (Wildman–Crippen LogP) is 4.07. The highest BCUT2D eigenvalue weighted by Gasteiger charge is 2.30. The number of benzene rings is 2. The third-order valence-corrected chi connectivity index (χ3v) is 3.22. The summed E-state index contributed by atoms with van der Waals surface area (Å²) in [7, 11) is 0. The number of alkyl halides is 3. The summed E-state index contributed by atoms with van der Waals surface area (Å²) in [6.45, 7) is -0.689. The van der Waals surface area contributed by atoms with Gasteiger partial charge in [0.2, 0.25) is 0 Å². The fourth-order valence-electron chi connectivity index (χ4n) is 1.92. The van der Waals surface area contributed by atoms with Gasteiger partial charge in [-0.1, -0.05) is 17.7 Å². The Morgan fingerprint density at radius 3 is 2.52 bits per heavy atom. The van der Waals surface area contributed by atoms with Crippen molar-refractivity contribution in [3.05, 3.63) is 58.6 Å². The molecule has 0 unspecified atom stereocenters. The van der Waals surface area contributed by atoms with Gasteiger partial charge in [0.15, 0.2) is 6.61 Å². The second-order valence-electron chi connectivity index (χ2n) is 4.86. The standard InChI is InChI=1S/C16H11ClF3NO4/c17-10-4-5-13(25-8-14(22)23)12(7-10)15(24)21-11-3-1-2-9(6-11)16(18,19)20/h1-7H,8H2,(H,21,24)(H,22,23). The molecule has 132 valence electrons. The molecule has 0 aliphatic heterocycles. The average molecular weight is 374 g/mol. The van der Waals surface area contributed by atoms with Crippen LogP contribution in [0.2, 0.25) is 5.02 Å². The number of hydrogen-bond donors (Lipinski definition) is 2. The predicted molar refractivity (Wildman–Crippen MR) is 84.0 cm³/mol. The van der Waals surface area contributed by atoms with Gasteiger partial charge in [0, 0.05) is 10.7 Å². The van der Waals surface area contributed by atoms with Crippen molar-refractivity contribution in [2.24, 2.45) is 0 Å². The van der Waals surface area contributed by atoms with Gasteiger partial charge >= 0.3 is 12.1 Å². The molecule has 0 heterocycles. The Kier molecular flexibility index (Phi) is 5.53. The first-order chi connectivity index (χ1) is 11.7. The zero-order chi connectivity index (χ0) is 18.6. The summed E-state index contributed by atoms with van der Waals surface area (Å²) in [5.41, 5.74) is -1.10. The minimum absolute atomic E-state index is 0.0590. The van der Waals surface area contributed by atoms with E-state index in [1.165, 1.54) is 24.3 Å². The molecule has 0 spiro atoms. The Morgan fingerprint density at radius 1 is 1.16 bits per heavy atom. The first-order valence-corrected chi connectivity index (χ1v) is 7.17. The third kappa shape index (κ3) is 5.12. The molecule has 2 rings (SSSR count). The fourth-order valence-corrected chi connectivity index (χ4v) is 2.09. The van der Waals surface area contributed by atoms with E-state index in [2.05, 4.69) is 5.32 Å². The number of carboxylic acid groups (broad SMARTS) is 1. The van der Waals surface area contributed by atoms with E-state index in [1.54, 1.807) is 0 Å². The molecule has 0 fully saturated rings. The van der Waals surface area contributed by atoms with E-state index in [9.17, 15) is 22.8 Å². The van der Waals surface area contributed by atoms with Crippen LogP contribution in [0.25, 0.3) is 0 Å². The van der Waals surface area contributed by atoms with Gasteiger partial charge in [-0.15, -0.1) is 0 Å². The van der Waals surface area contributed by atoms with E-state index >= 15 is 0 Å². The van der Waals surface area contributed by atoms with Crippen LogP contribution in [0.4, 0.5) is 18.9 Å². The van der Waals surface area contributed by atoms with E-state index in [0.717, 1.165) is 18.2 Å². The molecule has 5 nitrogen and oxygen atoms in total.